The lowest BCUT2D eigenvalue weighted by Gasteiger charge is -2.23. The molecule has 2 aromatic rings. The minimum atomic E-state index is -0.623. The van der Waals surface area contributed by atoms with Gasteiger partial charge in [0.05, 0.1) is 12.4 Å². The number of hydrogen-bond acceptors (Lipinski definition) is 5. The third kappa shape index (κ3) is 1.93. The Morgan fingerprint density at radius 1 is 1.27 bits per heavy atom. The molecule has 0 amide bonds. The van der Waals surface area contributed by atoms with E-state index in [1.54, 1.807) is 6.20 Å². The van der Waals surface area contributed by atoms with Crippen molar-refractivity contribution in [3.63, 3.8) is 0 Å². The topological polar surface area (TPSA) is 89.2 Å². The van der Waals surface area contributed by atoms with Gasteiger partial charge < -0.3 is 24.2 Å². The van der Waals surface area contributed by atoms with Crippen LogP contribution in [-0.4, -0.2) is 39.1 Å². The van der Waals surface area contributed by atoms with Crippen molar-refractivity contribution in [3.05, 3.63) is 28.4 Å². The molecule has 2 fully saturated rings. The fourth-order valence-corrected chi connectivity index (χ4v) is 3.45. The summed E-state index contributed by atoms with van der Waals surface area (Å²) in [6.45, 7) is 5.89. The Bertz CT molecular complexity index is 765. The van der Waals surface area contributed by atoms with Gasteiger partial charge in [0.15, 0.2) is 5.79 Å². The van der Waals surface area contributed by atoms with Crippen molar-refractivity contribution in [1.29, 1.82) is 0 Å². The summed E-state index contributed by atoms with van der Waals surface area (Å²) < 4.78 is 18.2. The van der Waals surface area contributed by atoms with E-state index in [1.165, 1.54) is 6.33 Å². The normalized spacial score (nSPS) is 33.4. The predicted molar refractivity (Wildman–Crippen MR) is 78.4 cm³/mol. The monoisotopic (exact) mass is 305 g/mol. The van der Waals surface area contributed by atoms with Crippen LogP contribution in [0.4, 0.5) is 0 Å². The molecule has 2 aliphatic rings. The van der Waals surface area contributed by atoms with Crippen molar-refractivity contribution in [2.24, 2.45) is 0 Å². The number of nitrogens with one attached hydrogen (secondary N) is 2. The lowest BCUT2D eigenvalue weighted by Crippen LogP contribution is -2.28. The van der Waals surface area contributed by atoms with E-state index in [0.29, 0.717) is 11.0 Å². The van der Waals surface area contributed by atoms with Crippen molar-refractivity contribution in [1.82, 2.24) is 15.0 Å². The molecular formula is C15H19N3O4. The molecule has 7 nitrogen and oxygen atoms in total. The molecule has 4 unspecified atom stereocenters. The van der Waals surface area contributed by atoms with Crippen LogP contribution in [0.3, 0.4) is 0 Å². The van der Waals surface area contributed by atoms with Gasteiger partial charge >= 0.3 is 0 Å². The first-order valence-electron chi connectivity index (χ1n) is 7.56. The van der Waals surface area contributed by atoms with Gasteiger partial charge in [-0.15, -0.1) is 0 Å². The quantitative estimate of drug-likeness (QED) is 0.880. The van der Waals surface area contributed by atoms with Gasteiger partial charge in [-0.3, -0.25) is 4.79 Å². The number of rotatable bonds is 2. The summed E-state index contributed by atoms with van der Waals surface area (Å²) in [5.41, 5.74) is 1.73. The van der Waals surface area contributed by atoms with Crippen LogP contribution in [-0.2, 0) is 14.2 Å². The highest BCUT2D eigenvalue weighted by Crippen LogP contribution is 2.46. The first-order chi connectivity index (χ1) is 10.5. The van der Waals surface area contributed by atoms with Crippen molar-refractivity contribution in [2.75, 3.05) is 0 Å². The van der Waals surface area contributed by atoms with E-state index in [2.05, 4.69) is 21.9 Å². The van der Waals surface area contributed by atoms with Gasteiger partial charge in [0.25, 0.3) is 5.56 Å². The van der Waals surface area contributed by atoms with Crippen molar-refractivity contribution in [2.45, 2.75) is 57.4 Å². The first-order valence-corrected chi connectivity index (χ1v) is 7.56. The van der Waals surface area contributed by atoms with Gasteiger partial charge in [0.1, 0.15) is 29.3 Å². The summed E-state index contributed by atoms with van der Waals surface area (Å²) in [4.78, 5) is 21.7. The maximum atomic E-state index is 11.8. The number of nitrogens with zero attached hydrogens (tertiary/aromatic N) is 1. The highest BCUT2D eigenvalue weighted by molar-refractivity contribution is 5.78. The molecule has 0 bridgehead atoms. The largest absolute Gasteiger partial charge is 0.365 e. The second-order valence-corrected chi connectivity index (χ2v) is 6.27. The predicted octanol–water partition coefficient (Wildman–Crippen LogP) is 1.62. The van der Waals surface area contributed by atoms with Crippen LogP contribution in [0.25, 0.3) is 11.0 Å². The van der Waals surface area contributed by atoms with Crippen molar-refractivity contribution < 1.29 is 14.2 Å². The number of aromatic amines is 2. The zero-order valence-corrected chi connectivity index (χ0v) is 12.8. The van der Waals surface area contributed by atoms with E-state index in [0.717, 1.165) is 12.0 Å². The van der Waals surface area contributed by atoms with Crippen LogP contribution in [0.5, 0.6) is 0 Å². The van der Waals surface area contributed by atoms with Crippen LogP contribution in [0.2, 0.25) is 0 Å². The zero-order chi connectivity index (χ0) is 15.5. The summed E-state index contributed by atoms with van der Waals surface area (Å²) in [7, 11) is 0. The summed E-state index contributed by atoms with van der Waals surface area (Å²) in [5, 5.41) is 0. The maximum Gasteiger partial charge on any atom is 0.275 e. The fourth-order valence-electron chi connectivity index (χ4n) is 3.45. The second kappa shape index (κ2) is 4.65. The number of hydrogen-bond donors (Lipinski definition) is 2. The molecule has 4 heterocycles. The molecule has 0 saturated carbocycles. The highest BCUT2D eigenvalue weighted by atomic mass is 16.8. The Morgan fingerprint density at radius 2 is 2.05 bits per heavy atom. The van der Waals surface area contributed by atoms with Gasteiger partial charge in [-0.2, -0.15) is 0 Å². The molecule has 2 aliphatic heterocycles. The number of ether oxygens (including phenoxy) is 3. The Labute approximate surface area is 127 Å². The molecule has 7 heteroatoms. The van der Waals surface area contributed by atoms with E-state index in [4.69, 9.17) is 14.2 Å². The molecular weight excluding hydrogens is 286 g/mol. The summed E-state index contributed by atoms with van der Waals surface area (Å²) in [6, 6.07) is 0. The van der Waals surface area contributed by atoms with Crippen LogP contribution in [0, 0.1) is 0 Å². The van der Waals surface area contributed by atoms with Gasteiger partial charge in [0.2, 0.25) is 0 Å². The van der Waals surface area contributed by atoms with Gasteiger partial charge in [-0.25, -0.2) is 4.98 Å². The molecule has 4 rings (SSSR count). The molecule has 2 aromatic heterocycles. The Kier molecular flexibility index (Phi) is 2.94. The zero-order valence-electron chi connectivity index (χ0n) is 12.8. The number of aromatic nitrogens is 3. The Morgan fingerprint density at radius 3 is 2.82 bits per heavy atom. The number of fused-ring (bicyclic) bond motifs is 2. The third-order valence-corrected chi connectivity index (χ3v) is 4.36. The minimum absolute atomic E-state index is 0.0243. The molecule has 2 N–H and O–H groups in total. The van der Waals surface area contributed by atoms with Gasteiger partial charge in [-0.05, 0) is 20.3 Å². The minimum Gasteiger partial charge on any atom is -0.365 e. The standard InChI is InChI=1S/C15H19N3O4/c1-4-8-12-13(22-15(2,3)21-12)11(20-8)7-5-16-10-9(7)17-6-18-14(10)19/h5-6,8,11-13,16H,4H2,1-3H3,(H,17,18,19). The van der Waals surface area contributed by atoms with Crippen LogP contribution in [0.1, 0.15) is 38.9 Å². The first kappa shape index (κ1) is 13.9. The molecule has 0 radical (unpaired) electrons. The molecule has 0 aliphatic carbocycles. The second-order valence-electron chi connectivity index (χ2n) is 6.27. The smallest absolute Gasteiger partial charge is 0.275 e. The fraction of sp³-hybridized carbons (Fsp3) is 0.600. The van der Waals surface area contributed by atoms with Crippen LogP contribution >= 0.6 is 0 Å². The Hall–Kier alpha value is -1.70. The SMILES string of the molecule is CCC1OC(c2c[nH]c3c(=O)[nH]cnc23)C2OC(C)(C)OC12. The van der Waals surface area contributed by atoms with E-state index in [9.17, 15) is 4.79 Å². The Balaban J connectivity index is 1.78. The third-order valence-electron chi connectivity index (χ3n) is 4.36. The summed E-state index contributed by atoms with van der Waals surface area (Å²) in [6.07, 6.45) is 3.41. The lowest BCUT2D eigenvalue weighted by molar-refractivity contribution is -0.187. The maximum absolute atomic E-state index is 11.8. The average Bonchev–Trinajstić information content (AvgIpc) is 3.10. The van der Waals surface area contributed by atoms with Crippen LogP contribution < -0.4 is 5.56 Å². The lowest BCUT2D eigenvalue weighted by atomic mass is 10.0. The number of H-pyrrole nitrogens is 2. The van der Waals surface area contributed by atoms with Gasteiger partial charge in [0, 0.05) is 11.8 Å². The molecule has 0 aromatic carbocycles. The average molecular weight is 305 g/mol. The van der Waals surface area contributed by atoms with E-state index in [-0.39, 0.29) is 30.0 Å². The summed E-state index contributed by atoms with van der Waals surface area (Å²) >= 11 is 0. The van der Waals surface area contributed by atoms with Gasteiger partial charge in [-0.1, -0.05) is 6.92 Å². The van der Waals surface area contributed by atoms with Crippen molar-refractivity contribution in [3.8, 4) is 0 Å². The molecule has 4 atom stereocenters. The van der Waals surface area contributed by atoms with E-state index < -0.39 is 5.79 Å². The van der Waals surface area contributed by atoms with Crippen molar-refractivity contribution >= 4 is 11.0 Å². The van der Waals surface area contributed by atoms with E-state index in [1.807, 2.05) is 13.8 Å². The molecule has 0 spiro atoms. The van der Waals surface area contributed by atoms with Crippen LogP contribution in [0.15, 0.2) is 17.3 Å². The molecule has 22 heavy (non-hydrogen) atoms. The molecule has 118 valence electrons. The molecule has 2 saturated heterocycles. The summed E-state index contributed by atoms with van der Waals surface area (Å²) in [5.74, 6) is -0.623. The highest BCUT2D eigenvalue weighted by Gasteiger charge is 2.55. The van der Waals surface area contributed by atoms with E-state index >= 15 is 0 Å².